The van der Waals surface area contributed by atoms with Crippen LogP contribution in [0, 0.1) is 0 Å². The molecule has 1 aromatic carbocycles. The van der Waals surface area contributed by atoms with Crippen molar-refractivity contribution >= 4 is 11.8 Å². The van der Waals surface area contributed by atoms with Gasteiger partial charge in [0.05, 0.1) is 5.84 Å². The second kappa shape index (κ2) is 7.47. The molecule has 0 aliphatic heterocycles. The summed E-state index contributed by atoms with van der Waals surface area (Å²) in [4.78, 5) is 16.0. The van der Waals surface area contributed by atoms with Crippen molar-refractivity contribution in [2.75, 3.05) is 0 Å². The van der Waals surface area contributed by atoms with Crippen molar-refractivity contribution in [3.63, 3.8) is 0 Å². The maximum absolute atomic E-state index is 12.0. The molecule has 0 bridgehead atoms. The van der Waals surface area contributed by atoms with E-state index in [2.05, 4.69) is 4.99 Å². The Labute approximate surface area is 125 Å². The van der Waals surface area contributed by atoms with Gasteiger partial charge in [-0.15, -0.1) is 0 Å². The van der Waals surface area contributed by atoms with Crippen molar-refractivity contribution in [3.05, 3.63) is 47.9 Å². The van der Waals surface area contributed by atoms with Crippen LogP contribution in [-0.2, 0) is 20.9 Å². The SMILES string of the molecule is CC(N)=N/C(=C/OCc1ccccc1)C(=O)OC(C)(C)C. The van der Waals surface area contributed by atoms with Gasteiger partial charge >= 0.3 is 5.97 Å². The van der Waals surface area contributed by atoms with Crippen molar-refractivity contribution in [2.45, 2.75) is 39.9 Å². The van der Waals surface area contributed by atoms with Crippen molar-refractivity contribution in [1.82, 2.24) is 0 Å². The molecule has 1 aromatic rings. The lowest BCUT2D eigenvalue weighted by Gasteiger charge is -2.19. The standard InChI is InChI=1S/C16H22N2O3/c1-12(17)18-14(15(19)21-16(2,3)4)11-20-10-13-8-6-5-7-9-13/h5-9,11H,10H2,1-4H3,(H2,17,18)/b14-11+. The summed E-state index contributed by atoms with van der Waals surface area (Å²) in [5.74, 6) is -0.309. The first-order chi connectivity index (χ1) is 9.78. The highest BCUT2D eigenvalue weighted by Crippen LogP contribution is 2.12. The highest BCUT2D eigenvalue weighted by Gasteiger charge is 2.20. The average Bonchev–Trinajstić information content (AvgIpc) is 2.36. The van der Waals surface area contributed by atoms with Crippen LogP contribution in [0.5, 0.6) is 0 Å². The average molecular weight is 290 g/mol. The normalized spacial score (nSPS) is 13.0. The van der Waals surface area contributed by atoms with E-state index in [1.807, 2.05) is 30.3 Å². The van der Waals surface area contributed by atoms with Gasteiger partial charge in [-0.2, -0.15) is 0 Å². The van der Waals surface area contributed by atoms with Crippen LogP contribution < -0.4 is 5.73 Å². The number of benzene rings is 1. The minimum Gasteiger partial charge on any atom is -0.494 e. The fraction of sp³-hybridized carbons (Fsp3) is 0.375. The molecule has 0 aromatic heterocycles. The van der Waals surface area contributed by atoms with E-state index in [-0.39, 0.29) is 11.5 Å². The van der Waals surface area contributed by atoms with E-state index in [1.54, 1.807) is 27.7 Å². The van der Waals surface area contributed by atoms with Crippen LogP contribution in [0.15, 0.2) is 47.3 Å². The molecule has 21 heavy (non-hydrogen) atoms. The molecule has 114 valence electrons. The number of ether oxygens (including phenoxy) is 2. The van der Waals surface area contributed by atoms with Crippen LogP contribution in [0.25, 0.3) is 0 Å². The number of amidine groups is 1. The molecule has 0 atom stereocenters. The third kappa shape index (κ3) is 7.15. The number of nitrogens with two attached hydrogens (primary N) is 1. The predicted molar refractivity (Wildman–Crippen MR) is 82.5 cm³/mol. The minimum absolute atomic E-state index is 0.0425. The lowest BCUT2D eigenvalue weighted by molar-refractivity contribution is -0.150. The Kier molecular flexibility index (Phi) is 5.96. The smallest absolute Gasteiger partial charge is 0.360 e. The van der Waals surface area contributed by atoms with E-state index in [4.69, 9.17) is 15.2 Å². The number of rotatable bonds is 5. The van der Waals surface area contributed by atoms with Crippen LogP contribution >= 0.6 is 0 Å². The van der Waals surface area contributed by atoms with Gasteiger partial charge in [-0.25, -0.2) is 9.79 Å². The Hall–Kier alpha value is -2.30. The zero-order chi connectivity index (χ0) is 15.9. The monoisotopic (exact) mass is 290 g/mol. The number of carbonyl (C=O) groups excluding carboxylic acids is 1. The maximum Gasteiger partial charge on any atom is 0.360 e. The summed E-state index contributed by atoms with van der Waals surface area (Å²) in [6.45, 7) is 7.28. The number of carbonyl (C=O) groups is 1. The molecular weight excluding hydrogens is 268 g/mol. The third-order valence-electron chi connectivity index (χ3n) is 2.19. The van der Waals surface area contributed by atoms with Crippen LogP contribution in [0.3, 0.4) is 0 Å². The Morgan fingerprint density at radius 1 is 1.29 bits per heavy atom. The van der Waals surface area contributed by atoms with Gasteiger partial charge in [0.2, 0.25) is 0 Å². The van der Waals surface area contributed by atoms with Gasteiger partial charge in [0, 0.05) is 0 Å². The second-order valence-electron chi connectivity index (χ2n) is 5.55. The largest absolute Gasteiger partial charge is 0.494 e. The second-order valence-corrected chi connectivity index (χ2v) is 5.55. The number of aliphatic imine (C=N–C) groups is 1. The van der Waals surface area contributed by atoms with Gasteiger partial charge in [-0.3, -0.25) is 0 Å². The van der Waals surface area contributed by atoms with E-state index >= 15 is 0 Å². The molecule has 1 rings (SSSR count). The Bertz CT molecular complexity index is 524. The Morgan fingerprint density at radius 2 is 1.90 bits per heavy atom. The van der Waals surface area contributed by atoms with E-state index in [9.17, 15) is 4.79 Å². The first-order valence-electron chi connectivity index (χ1n) is 6.68. The molecule has 5 nitrogen and oxygen atoms in total. The van der Waals surface area contributed by atoms with Gasteiger partial charge in [0.25, 0.3) is 0 Å². The molecule has 0 spiro atoms. The maximum atomic E-state index is 12.0. The molecule has 0 saturated heterocycles. The van der Waals surface area contributed by atoms with Crippen LogP contribution in [0.4, 0.5) is 0 Å². The van der Waals surface area contributed by atoms with Crippen LogP contribution in [0.1, 0.15) is 33.3 Å². The van der Waals surface area contributed by atoms with Gasteiger partial charge in [-0.05, 0) is 33.3 Å². The predicted octanol–water partition coefficient (Wildman–Crippen LogP) is 2.76. The van der Waals surface area contributed by atoms with Gasteiger partial charge in [-0.1, -0.05) is 30.3 Å². The molecule has 0 fully saturated rings. The minimum atomic E-state index is -0.604. The summed E-state index contributed by atoms with van der Waals surface area (Å²) < 4.78 is 10.6. The molecule has 0 saturated carbocycles. The van der Waals surface area contributed by atoms with Crippen molar-refractivity contribution < 1.29 is 14.3 Å². The van der Waals surface area contributed by atoms with Gasteiger partial charge in [0.15, 0.2) is 5.70 Å². The lowest BCUT2D eigenvalue weighted by Crippen LogP contribution is -2.25. The quantitative estimate of drug-likeness (QED) is 0.297. The highest BCUT2D eigenvalue weighted by molar-refractivity contribution is 5.92. The molecular formula is C16H22N2O3. The van der Waals surface area contributed by atoms with Gasteiger partial charge in [0.1, 0.15) is 18.5 Å². The number of hydrogen-bond acceptors (Lipinski definition) is 4. The van der Waals surface area contributed by atoms with Crippen molar-refractivity contribution in [3.8, 4) is 0 Å². The van der Waals surface area contributed by atoms with Crippen molar-refractivity contribution in [2.24, 2.45) is 10.7 Å². The third-order valence-corrected chi connectivity index (χ3v) is 2.19. The molecule has 5 heteroatoms. The van der Waals surface area contributed by atoms with E-state index < -0.39 is 11.6 Å². The van der Waals surface area contributed by atoms with E-state index in [0.29, 0.717) is 6.61 Å². The van der Waals surface area contributed by atoms with Crippen molar-refractivity contribution in [1.29, 1.82) is 0 Å². The zero-order valence-corrected chi connectivity index (χ0v) is 12.9. The van der Waals surface area contributed by atoms with E-state index in [1.165, 1.54) is 6.26 Å². The molecule has 0 aliphatic carbocycles. The molecule has 0 radical (unpaired) electrons. The Morgan fingerprint density at radius 3 is 2.43 bits per heavy atom. The summed E-state index contributed by atoms with van der Waals surface area (Å²) in [5, 5.41) is 0. The molecule has 2 N–H and O–H groups in total. The molecule has 0 aliphatic rings. The summed E-state index contributed by atoms with van der Waals surface area (Å²) in [6, 6.07) is 9.61. The van der Waals surface area contributed by atoms with Crippen LogP contribution in [0.2, 0.25) is 0 Å². The zero-order valence-electron chi connectivity index (χ0n) is 12.9. The molecule has 0 amide bonds. The fourth-order valence-electron chi connectivity index (χ4n) is 1.43. The number of hydrogen-bond donors (Lipinski definition) is 1. The van der Waals surface area contributed by atoms with Crippen LogP contribution in [-0.4, -0.2) is 17.4 Å². The Balaban J connectivity index is 2.75. The van der Waals surface area contributed by atoms with Gasteiger partial charge < -0.3 is 15.2 Å². The first-order valence-corrected chi connectivity index (χ1v) is 6.68. The first kappa shape index (κ1) is 16.8. The number of nitrogens with zero attached hydrogens (tertiary/aromatic N) is 1. The van der Waals surface area contributed by atoms with E-state index in [0.717, 1.165) is 5.56 Å². The molecule has 0 heterocycles. The lowest BCUT2D eigenvalue weighted by atomic mass is 10.2. The topological polar surface area (TPSA) is 73.9 Å². The summed E-state index contributed by atoms with van der Waals surface area (Å²) in [6.07, 6.45) is 1.28. The summed E-state index contributed by atoms with van der Waals surface area (Å²) in [5.41, 5.74) is 5.95. The molecule has 0 unspecified atom stereocenters. The number of esters is 1. The highest BCUT2D eigenvalue weighted by atomic mass is 16.6. The summed E-state index contributed by atoms with van der Waals surface area (Å²) >= 11 is 0. The summed E-state index contributed by atoms with van der Waals surface area (Å²) in [7, 11) is 0. The fourth-order valence-corrected chi connectivity index (χ4v) is 1.43.